The SMILES string of the molecule is COC(=O)/C(=C/c1cccc([N+](=O)[O-])c1)CN. The number of nitro benzene ring substituents is 1. The number of nitrogens with zero attached hydrogens (tertiary/aromatic N) is 1. The average Bonchev–Trinajstić information content (AvgIpc) is 2.35. The number of nitro groups is 1. The van der Waals surface area contributed by atoms with Gasteiger partial charge in [-0.25, -0.2) is 4.79 Å². The first-order chi connectivity index (χ1) is 8.08. The van der Waals surface area contributed by atoms with E-state index in [4.69, 9.17) is 5.73 Å². The van der Waals surface area contributed by atoms with Gasteiger partial charge >= 0.3 is 5.97 Å². The minimum Gasteiger partial charge on any atom is -0.466 e. The zero-order valence-corrected chi connectivity index (χ0v) is 9.25. The Morgan fingerprint density at radius 2 is 2.29 bits per heavy atom. The van der Waals surface area contributed by atoms with Crippen molar-refractivity contribution in [3.8, 4) is 0 Å². The molecule has 6 heteroatoms. The molecular formula is C11H12N2O4. The van der Waals surface area contributed by atoms with E-state index >= 15 is 0 Å². The van der Waals surface area contributed by atoms with Crippen LogP contribution in [0.25, 0.3) is 6.08 Å². The second-order valence-electron chi connectivity index (χ2n) is 3.22. The first-order valence-corrected chi connectivity index (χ1v) is 4.82. The monoisotopic (exact) mass is 236 g/mol. The predicted molar refractivity (Wildman–Crippen MR) is 62.1 cm³/mol. The van der Waals surface area contributed by atoms with E-state index < -0.39 is 10.9 Å². The zero-order chi connectivity index (χ0) is 12.8. The Balaban J connectivity index is 3.07. The van der Waals surface area contributed by atoms with Gasteiger partial charge in [-0.05, 0) is 11.6 Å². The molecule has 0 saturated heterocycles. The number of rotatable bonds is 4. The van der Waals surface area contributed by atoms with Crippen molar-refractivity contribution in [2.24, 2.45) is 5.73 Å². The Bertz CT molecular complexity index is 468. The number of carbonyl (C=O) groups is 1. The number of esters is 1. The molecule has 17 heavy (non-hydrogen) atoms. The van der Waals surface area contributed by atoms with Crippen molar-refractivity contribution in [1.29, 1.82) is 0 Å². The van der Waals surface area contributed by atoms with E-state index in [0.29, 0.717) is 5.56 Å². The van der Waals surface area contributed by atoms with Gasteiger partial charge in [-0.15, -0.1) is 0 Å². The Labute approximate surface area is 97.8 Å². The molecular weight excluding hydrogens is 224 g/mol. The Morgan fingerprint density at radius 1 is 1.59 bits per heavy atom. The number of ether oxygens (including phenoxy) is 1. The quantitative estimate of drug-likeness (QED) is 0.365. The maximum atomic E-state index is 11.3. The lowest BCUT2D eigenvalue weighted by molar-refractivity contribution is -0.384. The fraction of sp³-hybridized carbons (Fsp3) is 0.182. The molecule has 0 radical (unpaired) electrons. The van der Waals surface area contributed by atoms with E-state index in [2.05, 4.69) is 4.74 Å². The van der Waals surface area contributed by atoms with Crippen LogP contribution in [0.2, 0.25) is 0 Å². The third kappa shape index (κ3) is 3.39. The largest absolute Gasteiger partial charge is 0.466 e. The van der Waals surface area contributed by atoms with Crippen LogP contribution >= 0.6 is 0 Å². The van der Waals surface area contributed by atoms with Crippen molar-refractivity contribution < 1.29 is 14.5 Å². The molecule has 0 unspecified atom stereocenters. The van der Waals surface area contributed by atoms with E-state index in [-0.39, 0.29) is 17.8 Å². The summed E-state index contributed by atoms with van der Waals surface area (Å²) < 4.78 is 4.53. The van der Waals surface area contributed by atoms with Crippen LogP contribution in [0.15, 0.2) is 29.8 Å². The van der Waals surface area contributed by atoms with Gasteiger partial charge in [0.15, 0.2) is 0 Å². The van der Waals surface area contributed by atoms with Gasteiger partial charge < -0.3 is 10.5 Å². The van der Waals surface area contributed by atoms with Crippen molar-refractivity contribution in [3.63, 3.8) is 0 Å². The van der Waals surface area contributed by atoms with E-state index in [1.54, 1.807) is 6.07 Å². The van der Waals surface area contributed by atoms with Crippen LogP contribution in [0.3, 0.4) is 0 Å². The van der Waals surface area contributed by atoms with Crippen LogP contribution in [0.5, 0.6) is 0 Å². The fourth-order valence-electron chi connectivity index (χ4n) is 1.26. The van der Waals surface area contributed by atoms with Gasteiger partial charge in [0.1, 0.15) is 0 Å². The van der Waals surface area contributed by atoms with E-state index in [1.165, 1.54) is 31.4 Å². The van der Waals surface area contributed by atoms with Crippen molar-refractivity contribution >= 4 is 17.7 Å². The van der Waals surface area contributed by atoms with Crippen molar-refractivity contribution in [2.45, 2.75) is 0 Å². The molecule has 0 heterocycles. The van der Waals surface area contributed by atoms with Gasteiger partial charge in [0.05, 0.1) is 17.6 Å². The van der Waals surface area contributed by atoms with Crippen LogP contribution in [-0.2, 0) is 9.53 Å². The van der Waals surface area contributed by atoms with Gasteiger partial charge in [-0.2, -0.15) is 0 Å². The van der Waals surface area contributed by atoms with Crippen molar-refractivity contribution in [1.82, 2.24) is 0 Å². The molecule has 6 nitrogen and oxygen atoms in total. The summed E-state index contributed by atoms with van der Waals surface area (Å²) in [4.78, 5) is 21.3. The number of hydrogen-bond acceptors (Lipinski definition) is 5. The highest BCUT2D eigenvalue weighted by Crippen LogP contribution is 2.15. The standard InChI is InChI=1S/C11H12N2O4/c1-17-11(14)9(7-12)5-8-3-2-4-10(6-8)13(15)16/h2-6H,7,12H2,1H3/b9-5+. The number of non-ortho nitro benzene ring substituents is 1. The lowest BCUT2D eigenvalue weighted by Crippen LogP contribution is -2.14. The predicted octanol–water partition coefficient (Wildman–Crippen LogP) is 1.11. The summed E-state index contributed by atoms with van der Waals surface area (Å²) in [5.74, 6) is -0.543. The summed E-state index contributed by atoms with van der Waals surface area (Å²) in [7, 11) is 1.25. The smallest absolute Gasteiger partial charge is 0.335 e. The maximum Gasteiger partial charge on any atom is 0.335 e. The molecule has 0 fully saturated rings. The first-order valence-electron chi connectivity index (χ1n) is 4.82. The fourth-order valence-corrected chi connectivity index (χ4v) is 1.26. The van der Waals surface area contributed by atoms with Crippen LogP contribution < -0.4 is 5.73 Å². The highest BCUT2D eigenvalue weighted by Gasteiger charge is 2.09. The minimum absolute atomic E-state index is 0.00929. The summed E-state index contributed by atoms with van der Waals surface area (Å²) >= 11 is 0. The topological polar surface area (TPSA) is 95.5 Å². The summed E-state index contributed by atoms with van der Waals surface area (Å²) in [5, 5.41) is 10.6. The molecule has 2 N–H and O–H groups in total. The molecule has 0 spiro atoms. The summed E-state index contributed by atoms with van der Waals surface area (Å²) in [6, 6.07) is 5.91. The van der Waals surface area contributed by atoms with Crippen molar-refractivity contribution in [2.75, 3.05) is 13.7 Å². The second kappa shape index (κ2) is 5.76. The third-order valence-electron chi connectivity index (χ3n) is 2.09. The Hall–Kier alpha value is -2.21. The maximum absolute atomic E-state index is 11.3. The Kier molecular flexibility index (Phi) is 4.36. The number of methoxy groups -OCH3 is 1. The molecule has 0 bridgehead atoms. The van der Waals surface area contributed by atoms with Crippen LogP contribution in [0.4, 0.5) is 5.69 Å². The van der Waals surface area contributed by atoms with Crippen LogP contribution in [0, 0.1) is 10.1 Å². The van der Waals surface area contributed by atoms with Gasteiger partial charge in [-0.1, -0.05) is 12.1 Å². The highest BCUT2D eigenvalue weighted by molar-refractivity contribution is 5.94. The molecule has 0 aliphatic rings. The van der Waals surface area contributed by atoms with Gasteiger partial charge in [0, 0.05) is 18.7 Å². The summed E-state index contributed by atoms with van der Waals surface area (Å²) in [5.41, 5.74) is 6.14. The van der Waals surface area contributed by atoms with Crippen LogP contribution in [0.1, 0.15) is 5.56 Å². The molecule has 1 rings (SSSR count). The Morgan fingerprint density at radius 3 is 2.82 bits per heavy atom. The van der Waals surface area contributed by atoms with Gasteiger partial charge in [0.25, 0.3) is 5.69 Å². The third-order valence-corrected chi connectivity index (χ3v) is 2.09. The summed E-state index contributed by atoms with van der Waals surface area (Å²) in [6.07, 6.45) is 1.47. The number of carbonyl (C=O) groups excluding carboxylic acids is 1. The lowest BCUT2D eigenvalue weighted by atomic mass is 10.1. The average molecular weight is 236 g/mol. The van der Waals surface area contributed by atoms with Gasteiger partial charge in [0.2, 0.25) is 0 Å². The van der Waals surface area contributed by atoms with E-state index in [1.807, 2.05) is 0 Å². The highest BCUT2D eigenvalue weighted by atomic mass is 16.6. The first kappa shape index (κ1) is 12.9. The molecule has 90 valence electrons. The van der Waals surface area contributed by atoms with Crippen LogP contribution in [-0.4, -0.2) is 24.5 Å². The minimum atomic E-state index is -0.543. The molecule has 0 aromatic heterocycles. The molecule has 0 saturated carbocycles. The second-order valence-corrected chi connectivity index (χ2v) is 3.22. The van der Waals surface area contributed by atoms with E-state index in [9.17, 15) is 14.9 Å². The number of hydrogen-bond donors (Lipinski definition) is 1. The van der Waals surface area contributed by atoms with Crippen molar-refractivity contribution in [3.05, 3.63) is 45.5 Å². The van der Waals surface area contributed by atoms with Gasteiger partial charge in [-0.3, -0.25) is 10.1 Å². The molecule has 1 aromatic carbocycles. The lowest BCUT2D eigenvalue weighted by Gasteiger charge is -2.02. The summed E-state index contributed by atoms with van der Waals surface area (Å²) in [6.45, 7) is 0.00929. The number of nitrogens with two attached hydrogens (primary N) is 1. The molecule has 0 amide bonds. The zero-order valence-electron chi connectivity index (χ0n) is 9.25. The molecule has 0 aliphatic heterocycles. The normalized spacial score (nSPS) is 11.1. The molecule has 0 aliphatic carbocycles. The molecule has 0 atom stereocenters. The molecule has 1 aromatic rings. The number of benzene rings is 1. The van der Waals surface area contributed by atoms with E-state index in [0.717, 1.165) is 0 Å².